The first-order chi connectivity index (χ1) is 16.4. The molecule has 2 fully saturated rings. The molecule has 0 bridgehead atoms. The summed E-state index contributed by atoms with van der Waals surface area (Å²) in [4.78, 5) is 41.9. The van der Waals surface area contributed by atoms with E-state index >= 15 is 0 Å². The summed E-state index contributed by atoms with van der Waals surface area (Å²) < 4.78 is 0. The number of halogens is 1. The molecule has 2 aliphatic rings. The van der Waals surface area contributed by atoms with Gasteiger partial charge in [-0.2, -0.15) is 0 Å². The number of anilines is 1. The van der Waals surface area contributed by atoms with Crippen molar-refractivity contribution in [2.75, 3.05) is 25.5 Å². The van der Waals surface area contributed by atoms with Crippen molar-refractivity contribution >= 4 is 35.0 Å². The lowest BCUT2D eigenvalue weighted by Gasteiger charge is -2.39. The van der Waals surface area contributed by atoms with Crippen LogP contribution in [-0.2, 0) is 16.1 Å². The summed E-state index contributed by atoms with van der Waals surface area (Å²) in [5, 5.41) is 6.27. The SMILES string of the molecule is CNC(=O)c1cccc(NC(=O)[C@H]2CCC(=O)N2C2CCN(Cc3ccc(Cl)c(C)c3)CC2)c1. The number of nitrogens with one attached hydrogen (secondary N) is 2. The van der Waals surface area contributed by atoms with Crippen LogP contribution in [0, 0.1) is 6.92 Å². The highest BCUT2D eigenvalue weighted by Crippen LogP contribution is 2.29. The molecule has 2 heterocycles. The van der Waals surface area contributed by atoms with Crippen molar-refractivity contribution < 1.29 is 14.4 Å². The standard InChI is InChI=1S/C26H31ClN4O3/c1-17-14-18(6-7-22(17)27)16-30-12-10-21(11-13-30)31-23(8-9-24(31)32)26(34)29-20-5-3-4-19(15-20)25(33)28-2/h3-7,14-15,21,23H,8-13,16H2,1-2H3,(H,28,33)(H,29,34)/t23-/m1/s1. The average molecular weight is 483 g/mol. The Morgan fingerprint density at radius 3 is 2.56 bits per heavy atom. The lowest BCUT2D eigenvalue weighted by molar-refractivity contribution is -0.136. The van der Waals surface area contributed by atoms with E-state index < -0.39 is 6.04 Å². The molecule has 3 amide bonds. The number of nitrogens with zero attached hydrogens (tertiary/aromatic N) is 2. The van der Waals surface area contributed by atoms with Crippen molar-refractivity contribution in [3.05, 3.63) is 64.2 Å². The molecule has 0 saturated carbocycles. The summed E-state index contributed by atoms with van der Waals surface area (Å²) in [6.45, 7) is 4.61. The number of carbonyl (C=O) groups excluding carboxylic acids is 3. The fraction of sp³-hybridized carbons (Fsp3) is 0.423. The van der Waals surface area contributed by atoms with Gasteiger partial charge in [-0.25, -0.2) is 0 Å². The number of benzene rings is 2. The zero-order valence-electron chi connectivity index (χ0n) is 19.6. The number of rotatable bonds is 6. The molecule has 0 aromatic heterocycles. The first kappa shape index (κ1) is 24.2. The fourth-order valence-electron chi connectivity index (χ4n) is 4.94. The van der Waals surface area contributed by atoms with E-state index in [2.05, 4.69) is 27.7 Å². The Hall–Kier alpha value is -2.90. The van der Waals surface area contributed by atoms with Crippen LogP contribution in [0.3, 0.4) is 0 Å². The zero-order valence-corrected chi connectivity index (χ0v) is 20.4. The van der Waals surface area contributed by atoms with Gasteiger partial charge in [0.2, 0.25) is 11.8 Å². The van der Waals surface area contributed by atoms with Gasteiger partial charge >= 0.3 is 0 Å². The molecule has 2 aliphatic heterocycles. The third-order valence-corrected chi connectivity index (χ3v) is 7.18. The van der Waals surface area contributed by atoms with Crippen molar-refractivity contribution in [3.63, 3.8) is 0 Å². The monoisotopic (exact) mass is 482 g/mol. The zero-order chi connectivity index (χ0) is 24.2. The summed E-state index contributed by atoms with van der Waals surface area (Å²) in [6, 6.07) is 12.5. The third-order valence-electron chi connectivity index (χ3n) is 6.76. The van der Waals surface area contributed by atoms with Crippen molar-refractivity contribution in [2.45, 2.75) is 51.2 Å². The highest BCUT2D eigenvalue weighted by atomic mass is 35.5. The first-order valence-electron chi connectivity index (χ1n) is 11.8. The van der Waals surface area contributed by atoms with Gasteiger partial charge < -0.3 is 15.5 Å². The molecule has 34 heavy (non-hydrogen) atoms. The molecule has 180 valence electrons. The van der Waals surface area contributed by atoms with Crippen LogP contribution in [0.2, 0.25) is 5.02 Å². The van der Waals surface area contributed by atoms with Crippen LogP contribution in [0.4, 0.5) is 5.69 Å². The van der Waals surface area contributed by atoms with Gasteiger partial charge in [0.25, 0.3) is 5.91 Å². The molecular weight excluding hydrogens is 452 g/mol. The van der Waals surface area contributed by atoms with Crippen molar-refractivity contribution in [1.29, 1.82) is 0 Å². The number of aryl methyl sites for hydroxylation is 1. The van der Waals surface area contributed by atoms with Crippen molar-refractivity contribution in [3.8, 4) is 0 Å². The van der Waals surface area contributed by atoms with Crippen LogP contribution < -0.4 is 10.6 Å². The van der Waals surface area contributed by atoms with E-state index in [-0.39, 0.29) is 23.8 Å². The molecule has 7 nitrogen and oxygen atoms in total. The van der Waals surface area contributed by atoms with Gasteiger partial charge in [0, 0.05) is 55.4 Å². The van der Waals surface area contributed by atoms with Gasteiger partial charge in [-0.3, -0.25) is 19.3 Å². The Morgan fingerprint density at radius 1 is 1.09 bits per heavy atom. The number of hydrogen-bond donors (Lipinski definition) is 2. The molecule has 0 spiro atoms. The van der Waals surface area contributed by atoms with Crippen LogP contribution in [0.1, 0.15) is 47.2 Å². The van der Waals surface area contributed by atoms with E-state index in [1.807, 2.05) is 17.9 Å². The predicted octanol–water partition coefficient (Wildman–Crippen LogP) is 3.60. The molecule has 2 N–H and O–H groups in total. The molecule has 8 heteroatoms. The number of likely N-dealkylation sites (tertiary alicyclic amines) is 2. The maximum atomic E-state index is 13.1. The number of amides is 3. The van der Waals surface area contributed by atoms with Crippen LogP contribution in [0.15, 0.2) is 42.5 Å². The highest BCUT2D eigenvalue weighted by molar-refractivity contribution is 6.31. The van der Waals surface area contributed by atoms with Crippen LogP contribution >= 0.6 is 11.6 Å². The number of carbonyl (C=O) groups is 3. The Morgan fingerprint density at radius 2 is 1.85 bits per heavy atom. The largest absolute Gasteiger partial charge is 0.355 e. The highest BCUT2D eigenvalue weighted by Gasteiger charge is 2.41. The van der Waals surface area contributed by atoms with E-state index in [0.29, 0.717) is 24.1 Å². The second kappa shape index (κ2) is 10.6. The Kier molecular flexibility index (Phi) is 7.54. The van der Waals surface area contributed by atoms with E-state index in [4.69, 9.17) is 11.6 Å². The molecule has 2 aromatic rings. The Balaban J connectivity index is 1.37. The predicted molar refractivity (Wildman–Crippen MR) is 133 cm³/mol. The summed E-state index contributed by atoms with van der Waals surface area (Å²) in [7, 11) is 1.57. The Bertz CT molecular complexity index is 1080. The number of hydrogen-bond acceptors (Lipinski definition) is 4. The molecule has 0 radical (unpaired) electrons. The van der Waals surface area contributed by atoms with Gasteiger partial charge in [-0.05, 0) is 61.6 Å². The Labute approximate surface area is 205 Å². The van der Waals surface area contributed by atoms with Gasteiger partial charge in [0.05, 0.1) is 0 Å². The van der Waals surface area contributed by atoms with Crippen molar-refractivity contribution in [2.24, 2.45) is 0 Å². The van der Waals surface area contributed by atoms with Gasteiger partial charge in [0.15, 0.2) is 0 Å². The smallest absolute Gasteiger partial charge is 0.251 e. The second-order valence-electron chi connectivity index (χ2n) is 9.10. The lowest BCUT2D eigenvalue weighted by atomic mass is 10.0. The van der Waals surface area contributed by atoms with E-state index in [9.17, 15) is 14.4 Å². The first-order valence-corrected chi connectivity index (χ1v) is 12.1. The molecule has 1 atom stereocenters. The fourth-order valence-corrected chi connectivity index (χ4v) is 5.06. The lowest BCUT2D eigenvalue weighted by Crippen LogP contribution is -2.51. The minimum Gasteiger partial charge on any atom is -0.355 e. The molecule has 0 aliphatic carbocycles. The van der Waals surface area contributed by atoms with Gasteiger partial charge in [-0.1, -0.05) is 29.8 Å². The average Bonchev–Trinajstić information content (AvgIpc) is 3.23. The quantitative estimate of drug-likeness (QED) is 0.659. The molecule has 2 saturated heterocycles. The van der Waals surface area contributed by atoms with Crippen LogP contribution in [-0.4, -0.2) is 59.7 Å². The third kappa shape index (κ3) is 5.42. The van der Waals surface area contributed by atoms with Crippen LogP contribution in [0.25, 0.3) is 0 Å². The van der Waals surface area contributed by atoms with E-state index in [1.165, 1.54) is 5.56 Å². The molecule has 2 aromatic carbocycles. The number of piperidine rings is 1. The maximum absolute atomic E-state index is 13.1. The van der Waals surface area contributed by atoms with Gasteiger partial charge in [0.1, 0.15) is 6.04 Å². The molecule has 4 rings (SSSR count). The summed E-state index contributed by atoms with van der Waals surface area (Å²) in [6.07, 6.45) is 2.59. The molecular formula is C26H31ClN4O3. The van der Waals surface area contributed by atoms with Crippen molar-refractivity contribution in [1.82, 2.24) is 15.1 Å². The molecule has 0 unspecified atom stereocenters. The normalized spacial score (nSPS) is 19.3. The second-order valence-corrected chi connectivity index (χ2v) is 9.50. The summed E-state index contributed by atoms with van der Waals surface area (Å²) in [5.74, 6) is -0.362. The van der Waals surface area contributed by atoms with Gasteiger partial charge in [-0.15, -0.1) is 0 Å². The minimum absolute atomic E-state index is 0.0473. The van der Waals surface area contributed by atoms with Crippen LogP contribution in [0.5, 0.6) is 0 Å². The topological polar surface area (TPSA) is 81.8 Å². The maximum Gasteiger partial charge on any atom is 0.251 e. The summed E-state index contributed by atoms with van der Waals surface area (Å²) >= 11 is 6.15. The minimum atomic E-state index is -0.480. The van der Waals surface area contributed by atoms with E-state index in [1.54, 1.807) is 31.3 Å². The van der Waals surface area contributed by atoms with E-state index in [0.717, 1.165) is 43.1 Å². The summed E-state index contributed by atoms with van der Waals surface area (Å²) in [5.41, 5.74) is 3.33.